The first-order chi connectivity index (χ1) is 12.6. The molecule has 0 saturated carbocycles. The first-order valence-corrected chi connectivity index (χ1v) is 8.73. The molecule has 0 aliphatic rings. The molecule has 0 atom stereocenters. The van der Waals surface area contributed by atoms with Crippen molar-refractivity contribution < 1.29 is 4.79 Å². The Bertz CT molecular complexity index is 1020. The molecule has 0 bridgehead atoms. The summed E-state index contributed by atoms with van der Waals surface area (Å²) in [5, 5.41) is 3.78. The summed E-state index contributed by atoms with van der Waals surface area (Å²) in [4.78, 5) is 27.4. The monoisotopic (exact) mass is 346 g/mol. The van der Waals surface area contributed by atoms with Gasteiger partial charge in [-0.2, -0.15) is 0 Å². The van der Waals surface area contributed by atoms with Gasteiger partial charge in [0.2, 0.25) is 5.91 Å². The molecule has 0 spiro atoms. The van der Waals surface area contributed by atoms with Gasteiger partial charge in [-0.15, -0.1) is 0 Å². The second-order valence-electron chi connectivity index (χ2n) is 6.32. The Morgan fingerprint density at radius 1 is 1.12 bits per heavy atom. The highest BCUT2D eigenvalue weighted by molar-refractivity contribution is 5.95. The molecule has 132 valence electrons. The fourth-order valence-electron chi connectivity index (χ4n) is 2.94. The third-order valence-electron chi connectivity index (χ3n) is 4.36. The van der Waals surface area contributed by atoms with E-state index in [-0.39, 0.29) is 18.0 Å². The minimum atomic E-state index is -0.200. The summed E-state index contributed by atoms with van der Waals surface area (Å²) in [7, 11) is 0. The topological polar surface area (TPSA) is 62.0 Å². The van der Waals surface area contributed by atoms with Crippen LogP contribution in [0.3, 0.4) is 0 Å². The van der Waals surface area contributed by atoms with Gasteiger partial charge in [-0.3, -0.25) is 9.59 Å². The van der Waals surface area contributed by atoms with Crippen LogP contribution in [0.4, 0.5) is 0 Å². The molecule has 0 aliphatic heterocycles. The Balaban J connectivity index is 1.77. The Morgan fingerprint density at radius 2 is 1.88 bits per heavy atom. The average molecular weight is 346 g/mol. The molecule has 0 fully saturated rings. The summed E-state index contributed by atoms with van der Waals surface area (Å²) in [6.07, 6.45) is 2.36. The zero-order chi connectivity index (χ0) is 18.5. The van der Waals surface area contributed by atoms with Gasteiger partial charge in [0.05, 0.1) is 0 Å². The molecule has 3 rings (SSSR count). The molecular weight excluding hydrogens is 324 g/mol. The maximum atomic E-state index is 12.3. The Kier molecular flexibility index (Phi) is 5.32. The van der Waals surface area contributed by atoms with E-state index in [0.29, 0.717) is 5.56 Å². The van der Waals surface area contributed by atoms with Crippen molar-refractivity contribution in [3.8, 4) is 0 Å². The molecule has 0 unspecified atom stereocenters. The number of aromatic amines is 1. The number of nitrogens with one attached hydrogen (secondary N) is 2. The highest BCUT2D eigenvalue weighted by atomic mass is 16.1. The summed E-state index contributed by atoms with van der Waals surface area (Å²) in [6.45, 7) is 4.22. The molecule has 4 nitrogen and oxygen atoms in total. The number of fused-ring (bicyclic) bond motifs is 1. The van der Waals surface area contributed by atoms with Crippen LogP contribution in [0.25, 0.3) is 16.5 Å². The van der Waals surface area contributed by atoms with Crippen molar-refractivity contribution in [2.24, 2.45) is 0 Å². The van der Waals surface area contributed by atoms with Crippen LogP contribution in [0.15, 0.2) is 65.5 Å². The second kappa shape index (κ2) is 7.83. The smallest absolute Gasteiger partial charge is 0.253 e. The highest BCUT2D eigenvalue weighted by Crippen LogP contribution is 2.17. The van der Waals surface area contributed by atoms with E-state index in [9.17, 15) is 9.59 Å². The van der Waals surface area contributed by atoms with Crippen LogP contribution in [0.5, 0.6) is 0 Å². The predicted octanol–water partition coefficient (Wildman–Crippen LogP) is 3.95. The normalized spacial score (nSPS) is 11.5. The molecule has 2 aromatic carbocycles. The first-order valence-electron chi connectivity index (χ1n) is 8.73. The molecular formula is C22H22N2O2. The minimum Gasteiger partial charge on any atom is -0.348 e. The van der Waals surface area contributed by atoms with Crippen molar-refractivity contribution in [3.63, 3.8) is 0 Å². The van der Waals surface area contributed by atoms with Gasteiger partial charge in [0, 0.05) is 23.7 Å². The average Bonchev–Trinajstić information content (AvgIpc) is 2.65. The van der Waals surface area contributed by atoms with Gasteiger partial charge in [-0.1, -0.05) is 48.9 Å². The van der Waals surface area contributed by atoms with E-state index in [1.807, 2.05) is 68.4 Å². The van der Waals surface area contributed by atoms with E-state index >= 15 is 0 Å². The van der Waals surface area contributed by atoms with Crippen molar-refractivity contribution in [2.75, 3.05) is 0 Å². The largest absolute Gasteiger partial charge is 0.348 e. The molecule has 0 saturated heterocycles. The first kappa shape index (κ1) is 17.7. The van der Waals surface area contributed by atoms with Gasteiger partial charge in [0.1, 0.15) is 0 Å². The van der Waals surface area contributed by atoms with Gasteiger partial charge in [-0.25, -0.2) is 0 Å². The fourth-order valence-corrected chi connectivity index (χ4v) is 2.94. The summed E-state index contributed by atoms with van der Waals surface area (Å²) in [5.74, 6) is -0.200. The lowest BCUT2D eigenvalue weighted by molar-refractivity contribution is -0.116. The van der Waals surface area contributed by atoms with E-state index in [1.165, 1.54) is 0 Å². The van der Waals surface area contributed by atoms with Gasteiger partial charge in [-0.05, 0) is 48.1 Å². The van der Waals surface area contributed by atoms with E-state index in [1.54, 1.807) is 6.08 Å². The van der Waals surface area contributed by atoms with Crippen LogP contribution < -0.4 is 10.9 Å². The number of carbonyl (C=O) groups excluding carboxylic acids is 1. The van der Waals surface area contributed by atoms with Gasteiger partial charge >= 0.3 is 0 Å². The number of aryl methyl sites for hydroxylation is 1. The van der Waals surface area contributed by atoms with Crippen molar-refractivity contribution in [2.45, 2.75) is 26.8 Å². The molecule has 4 heteroatoms. The van der Waals surface area contributed by atoms with Crippen LogP contribution in [0, 0.1) is 6.92 Å². The lowest BCUT2D eigenvalue weighted by Crippen LogP contribution is -2.25. The quantitative estimate of drug-likeness (QED) is 0.687. The second-order valence-corrected chi connectivity index (χ2v) is 6.32. The third kappa shape index (κ3) is 4.09. The number of amides is 1. The Labute approximate surface area is 152 Å². The van der Waals surface area contributed by atoms with Crippen LogP contribution in [-0.2, 0) is 11.3 Å². The number of pyridine rings is 1. The standard InChI is InChI=1S/C22H22N2O2/c1-3-16(17-7-5-4-6-8-17)13-21(25)23-14-19-12-18-11-15(2)9-10-20(18)24-22(19)26/h4-13H,3,14H2,1-2H3,(H,23,25)(H,24,26)/b16-13+. The molecule has 3 aromatic rings. The molecule has 1 heterocycles. The van der Waals surface area contributed by atoms with Gasteiger partial charge in [0.15, 0.2) is 0 Å². The molecule has 0 aliphatic carbocycles. The molecule has 0 radical (unpaired) electrons. The van der Waals surface area contributed by atoms with Crippen LogP contribution in [-0.4, -0.2) is 10.9 Å². The molecule has 1 amide bonds. The Morgan fingerprint density at radius 3 is 2.62 bits per heavy atom. The molecule has 2 N–H and O–H groups in total. The molecule has 1 aromatic heterocycles. The zero-order valence-corrected chi connectivity index (χ0v) is 15.0. The fraction of sp³-hybridized carbons (Fsp3) is 0.182. The number of rotatable bonds is 5. The lowest BCUT2D eigenvalue weighted by atomic mass is 10.0. The molecule has 26 heavy (non-hydrogen) atoms. The van der Waals surface area contributed by atoms with E-state index in [2.05, 4.69) is 10.3 Å². The van der Waals surface area contributed by atoms with Crippen molar-refractivity contribution in [1.82, 2.24) is 10.3 Å². The number of aromatic nitrogens is 1. The van der Waals surface area contributed by atoms with Crippen molar-refractivity contribution in [3.05, 3.63) is 87.7 Å². The summed E-state index contributed by atoms with van der Waals surface area (Å²) in [6, 6.07) is 17.5. The maximum Gasteiger partial charge on any atom is 0.253 e. The predicted molar refractivity (Wildman–Crippen MR) is 106 cm³/mol. The SMILES string of the molecule is CC/C(=C\C(=O)NCc1cc2cc(C)ccc2[nH]c1=O)c1ccccc1. The van der Waals surface area contributed by atoms with E-state index in [4.69, 9.17) is 0 Å². The van der Waals surface area contributed by atoms with E-state index < -0.39 is 0 Å². The summed E-state index contributed by atoms with van der Waals surface area (Å²) < 4.78 is 0. The number of carbonyl (C=O) groups is 1. The minimum absolute atomic E-state index is 0.176. The number of hydrogen-bond acceptors (Lipinski definition) is 2. The number of allylic oxidation sites excluding steroid dienone is 1. The lowest BCUT2D eigenvalue weighted by Gasteiger charge is -2.07. The van der Waals surface area contributed by atoms with Crippen LogP contribution in [0.1, 0.15) is 30.0 Å². The van der Waals surface area contributed by atoms with Crippen LogP contribution >= 0.6 is 0 Å². The summed E-state index contributed by atoms with van der Waals surface area (Å²) >= 11 is 0. The number of benzene rings is 2. The van der Waals surface area contributed by atoms with Crippen molar-refractivity contribution >= 4 is 22.4 Å². The number of H-pyrrole nitrogens is 1. The number of hydrogen-bond donors (Lipinski definition) is 2. The zero-order valence-electron chi connectivity index (χ0n) is 15.0. The van der Waals surface area contributed by atoms with Crippen molar-refractivity contribution in [1.29, 1.82) is 0 Å². The summed E-state index contributed by atoms with van der Waals surface area (Å²) in [5.41, 5.74) is 4.29. The Hall–Kier alpha value is -3.14. The maximum absolute atomic E-state index is 12.3. The van der Waals surface area contributed by atoms with Gasteiger partial charge in [0.25, 0.3) is 5.56 Å². The third-order valence-corrected chi connectivity index (χ3v) is 4.36. The highest BCUT2D eigenvalue weighted by Gasteiger charge is 2.06. The van der Waals surface area contributed by atoms with Crippen LogP contribution in [0.2, 0.25) is 0 Å². The van der Waals surface area contributed by atoms with Gasteiger partial charge < -0.3 is 10.3 Å². The van der Waals surface area contributed by atoms with E-state index in [0.717, 1.165) is 34.0 Å².